The first kappa shape index (κ1) is 19.7. The SMILES string of the molecule is Cn1nc(C2CCCCN2C(OC=O)c2ccccc2)c(C2CC=CCC2)c1N. The molecule has 29 heavy (non-hydrogen) atoms. The fraction of sp³-hybridized carbons (Fsp3) is 0.478. The van der Waals surface area contributed by atoms with Gasteiger partial charge in [0.15, 0.2) is 6.23 Å². The third-order valence-electron chi connectivity index (χ3n) is 6.27. The molecule has 3 atom stereocenters. The Kier molecular flexibility index (Phi) is 6.00. The number of nitrogen functional groups attached to an aromatic ring is 1. The highest BCUT2D eigenvalue weighted by molar-refractivity contribution is 5.48. The van der Waals surface area contributed by atoms with Crippen molar-refractivity contribution in [3.05, 3.63) is 59.3 Å². The van der Waals surface area contributed by atoms with Crippen molar-refractivity contribution >= 4 is 12.3 Å². The van der Waals surface area contributed by atoms with Crippen molar-refractivity contribution in [2.75, 3.05) is 12.3 Å². The highest BCUT2D eigenvalue weighted by Gasteiger charge is 2.37. The van der Waals surface area contributed by atoms with Gasteiger partial charge in [0.2, 0.25) is 0 Å². The molecule has 2 N–H and O–H groups in total. The van der Waals surface area contributed by atoms with E-state index in [0.717, 1.165) is 62.1 Å². The number of aryl methyl sites for hydroxylation is 1. The number of nitrogens with zero attached hydrogens (tertiary/aromatic N) is 3. The lowest BCUT2D eigenvalue weighted by atomic mass is 9.84. The minimum Gasteiger partial charge on any atom is -0.444 e. The molecule has 1 aromatic heterocycles. The van der Waals surface area contributed by atoms with E-state index in [-0.39, 0.29) is 6.04 Å². The van der Waals surface area contributed by atoms with Crippen LogP contribution in [0.2, 0.25) is 0 Å². The van der Waals surface area contributed by atoms with Crippen LogP contribution in [-0.2, 0) is 16.6 Å². The van der Waals surface area contributed by atoms with Gasteiger partial charge in [-0.15, -0.1) is 0 Å². The van der Waals surface area contributed by atoms with E-state index in [2.05, 4.69) is 17.1 Å². The van der Waals surface area contributed by atoms with Crippen LogP contribution in [-0.4, -0.2) is 27.7 Å². The molecule has 2 heterocycles. The molecule has 0 saturated carbocycles. The first-order valence-electron chi connectivity index (χ1n) is 10.6. The average molecular weight is 395 g/mol. The van der Waals surface area contributed by atoms with Crippen LogP contribution < -0.4 is 5.73 Å². The van der Waals surface area contributed by atoms with Crippen molar-refractivity contribution in [2.24, 2.45) is 7.05 Å². The maximum Gasteiger partial charge on any atom is 0.294 e. The summed E-state index contributed by atoms with van der Waals surface area (Å²) in [6.07, 6.45) is 10.5. The number of likely N-dealkylation sites (tertiary alicyclic amines) is 1. The van der Waals surface area contributed by atoms with E-state index < -0.39 is 6.23 Å². The average Bonchev–Trinajstić information content (AvgIpc) is 3.07. The Morgan fingerprint density at radius 3 is 2.76 bits per heavy atom. The molecule has 1 aliphatic heterocycles. The van der Waals surface area contributed by atoms with E-state index >= 15 is 0 Å². The van der Waals surface area contributed by atoms with Gasteiger partial charge in [0.25, 0.3) is 6.47 Å². The predicted octanol–water partition coefficient (Wildman–Crippen LogP) is 4.22. The molecule has 3 unspecified atom stereocenters. The molecule has 0 radical (unpaired) electrons. The minimum absolute atomic E-state index is 0.0818. The molecular formula is C23H30N4O2. The van der Waals surface area contributed by atoms with E-state index in [1.165, 1.54) is 5.56 Å². The lowest BCUT2D eigenvalue weighted by Gasteiger charge is -2.40. The number of carbonyl (C=O) groups excluding carboxylic acids is 1. The summed E-state index contributed by atoms with van der Waals surface area (Å²) in [5.74, 6) is 1.16. The summed E-state index contributed by atoms with van der Waals surface area (Å²) in [5, 5.41) is 4.88. The van der Waals surface area contributed by atoms with Gasteiger partial charge < -0.3 is 10.5 Å². The van der Waals surface area contributed by atoms with E-state index in [1.54, 1.807) is 0 Å². The van der Waals surface area contributed by atoms with Crippen molar-refractivity contribution in [3.63, 3.8) is 0 Å². The highest BCUT2D eigenvalue weighted by Crippen LogP contribution is 2.43. The number of hydrogen-bond donors (Lipinski definition) is 1. The molecule has 6 nitrogen and oxygen atoms in total. The summed E-state index contributed by atoms with van der Waals surface area (Å²) >= 11 is 0. The quantitative estimate of drug-likeness (QED) is 0.586. The summed E-state index contributed by atoms with van der Waals surface area (Å²) in [6.45, 7) is 1.42. The van der Waals surface area contributed by atoms with Crippen LogP contribution in [0.25, 0.3) is 0 Å². The van der Waals surface area contributed by atoms with E-state index in [0.29, 0.717) is 12.4 Å². The smallest absolute Gasteiger partial charge is 0.294 e. The van der Waals surface area contributed by atoms with E-state index in [1.807, 2.05) is 42.1 Å². The molecule has 154 valence electrons. The monoisotopic (exact) mass is 394 g/mol. The Bertz CT molecular complexity index is 861. The maximum absolute atomic E-state index is 11.4. The Morgan fingerprint density at radius 1 is 1.21 bits per heavy atom. The molecule has 1 saturated heterocycles. The topological polar surface area (TPSA) is 73.4 Å². The molecule has 2 aromatic rings. The summed E-state index contributed by atoms with van der Waals surface area (Å²) < 4.78 is 7.42. The number of allylic oxidation sites excluding steroid dienone is 2. The Hall–Kier alpha value is -2.60. The molecule has 1 aromatic carbocycles. The standard InChI is InChI=1S/C23H30N4O2/c1-26-22(24)20(17-10-4-2-5-11-17)21(25-26)19-14-8-9-15-27(19)23(29-16-28)18-12-6-3-7-13-18/h2-4,6-7,12-13,16-17,19,23H,5,8-11,14-15,24H2,1H3. The predicted molar refractivity (Wildman–Crippen MR) is 113 cm³/mol. The Morgan fingerprint density at radius 2 is 2.03 bits per heavy atom. The second kappa shape index (κ2) is 8.82. The number of anilines is 1. The maximum atomic E-state index is 11.4. The summed E-state index contributed by atoms with van der Waals surface area (Å²) in [7, 11) is 1.92. The van der Waals surface area contributed by atoms with Crippen LogP contribution in [0.3, 0.4) is 0 Å². The summed E-state index contributed by atoms with van der Waals surface area (Å²) in [6, 6.07) is 10.0. The molecule has 1 aliphatic carbocycles. The zero-order chi connectivity index (χ0) is 20.2. The molecular weight excluding hydrogens is 364 g/mol. The second-order valence-electron chi connectivity index (χ2n) is 8.03. The highest BCUT2D eigenvalue weighted by atomic mass is 16.5. The third-order valence-corrected chi connectivity index (χ3v) is 6.27. The van der Waals surface area contributed by atoms with Gasteiger partial charge in [-0.25, -0.2) is 0 Å². The zero-order valence-electron chi connectivity index (χ0n) is 17.0. The second-order valence-corrected chi connectivity index (χ2v) is 8.03. The normalized spacial score (nSPS) is 23.6. The van der Waals surface area contributed by atoms with Gasteiger partial charge in [0.1, 0.15) is 5.82 Å². The zero-order valence-corrected chi connectivity index (χ0v) is 17.0. The first-order chi connectivity index (χ1) is 14.2. The molecule has 6 heteroatoms. The van der Waals surface area contributed by atoms with Crippen molar-refractivity contribution in [1.29, 1.82) is 0 Å². The number of hydrogen-bond acceptors (Lipinski definition) is 5. The minimum atomic E-state index is -0.415. The fourth-order valence-electron chi connectivity index (χ4n) is 4.84. The van der Waals surface area contributed by atoms with Gasteiger partial charge in [-0.2, -0.15) is 5.10 Å². The number of benzene rings is 1. The Balaban J connectivity index is 1.73. The van der Waals surface area contributed by atoms with Crippen LogP contribution in [0.5, 0.6) is 0 Å². The number of ether oxygens (including phenoxy) is 1. The van der Waals surface area contributed by atoms with Crippen LogP contribution in [0.1, 0.15) is 73.5 Å². The molecule has 0 bridgehead atoms. The van der Waals surface area contributed by atoms with Crippen molar-refractivity contribution < 1.29 is 9.53 Å². The van der Waals surface area contributed by atoms with Gasteiger partial charge in [-0.05, 0) is 38.0 Å². The van der Waals surface area contributed by atoms with Gasteiger partial charge in [-0.1, -0.05) is 48.9 Å². The van der Waals surface area contributed by atoms with E-state index in [4.69, 9.17) is 15.6 Å². The first-order valence-corrected chi connectivity index (χ1v) is 10.6. The van der Waals surface area contributed by atoms with Crippen molar-refractivity contribution in [3.8, 4) is 0 Å². The molecule has 0 spiro atoms. The molecule has 0 amide bonds. The number of nitrogens with two attached hydrogens (primary N) is 1. The van der Waals surface area contributed by atoms with Crippen LogP contribution in [0, 0.1) is 0 Å². The summed E-state index contributed by atoms with van der Waals surface area (Å²) in [5.41, 5.74) is 9.73. The molecule has 2 aliphatic rings. The van der Waals surface area contributed by atoms with Gasteiger partial charge in [-0.3, -0.25) is 14.4 Å². The van der Waals surface area contributed by atoms with Gasteiger partial charge in [0, 0.05) is 24.7 Å². The van der Waals surface area contributed by atoms with Gasteiger partial charge in [0.05, 0.1) is 11.7 Å². The van der Waals surface area contributed by atoms with Crippen LogP contribution in [0.15, 0.2) is 42.5 Å². The van der Waals surface area contributed by atoms with Crippen LogP contribution in [0.4, 0.5) is 5.82 Å². The number of aromatic nitrogens is 2. The van der Waals surface area contributed by atoms with Crippen molar-refractivity contribution in [1.82, 2.24) is 14.7 Å². The number of carbonyl (C=O) groups is 1. The fourth-order valence-corrected chi connectivity index (χ4v) is 4.84. The third kappa shape index (κ3) is 3.94. The number of piperidine rings is 1. The molecule has 4 rings (SSSR count). The molecule has 1 fully saturated rings. The Labute approximate surface area is 172 Å². The summed E-state index contributed by atoms with van der Waals surface area (Å²) in [4.78, 5) is 13.6. The van der Waals surface area contributed by atoms with Gasteiger partial charge >= 0.3 is 0 Å². The van der Waals surface area contributed by atoms with E-state index in [9.17, 15) is 4.79 Å². The van der Waals surface area contributed by atoms with Crippen LogP contribution >= 0.6 is 0 Å². The largest absolute Gasteiger partial charge is 0.444 e. The number of rotatable bonds is 6. The van der Waals surface area contributed by atoms with Crippen molar-refractivity contribution in [2.45, 2.75) is 56.7 Å². The lowest BCUT2D eigenvalue weighted by Crippen LogP contribution is -2.38. The lowest BCUT2D eigenvalue weighted by molar-refractivity contribution is -0.149.